The van der Waals surface area contributed by atoms with Gasteiger partial charge in [-0.3, -0.25) is 14.4 Å². The molecule has 4 aliphatic carbocycles. The summed E-state index contributed by atoms with van der Waals surface area (Å²) >= 11 is 18.3. The number of hydrogen-bond acceptors (Lipinski definition) is 5. The molecule has 1 aromatic rings. The summed E-state index contributed by atoms with van der Waals surface area (Å²) in [6.45, 7) is -0.590. The highest BCUT2D eigenvalue weighted by molar-refractivity contribution is 7.91. The van der Waals surface area contributed by atoms with Crippen LogP contribution in [0.15, 0.2) is 12.1 Å². The molecule has 5 aliphatic rings. The van der Waals surface area contributed by atoms with Crippen molar-refractivity contribution in [3.8, 4) is 0 Å². The van der Waals surface area contributed by atoms with Gasteiger partial charge in [0.2, 0.25) is 17.7 Å². The van der Waals surface area contributed by atoms with Gasteiger partial charge in [-0.05, 0) is 62.0 Å². The number of carbonyl (C=O) groups excluding carboxylic acids is 3. The third-order valence-corrected chi connectivity index (χ3v) is 10.6. The van der Waals surface area contributed by atoms with E-state index in [9.17, 15) is 22.8 Å². The van der Waals surface area contributed by atoms with Crippen molar-refractivity contribution in [1.82, 2.24) is 9.62 Å². The number of primary amides is 1. The predicted octanol–water partition coefficient (Wildman–Crippen LogP) is 2.73. The molecule has 4 bridgehead atoms. The largest absolute Gasteiger partial charge is 0.369 e. The fraction of sp³-hybridized carbons (Fsp3) is 0.591. The maximum atomic E-state index is 13.4. The number of nitrogens with one attached hydrogen (secondary N) is 1. The predicted molar refractivity (Wildman–Crippen MR) is 131 cm³/mol. The van der Waals surface area contributed by atoms with E-state index in [0.717, 1.165) is 23.6 Å². The lowest BCUT2D eigenvalue weighted by atomic mass is 9.47. The van der Waals surface area contributed by atoms with Crippen LogP contribution < -0.4 is 15.4 Å². The molecule has 1 saturated heterocycles. The van der Waals surface area contributed by atoms with Gasteiger partial charge in [-0.15, -0.1) is 0 Å². The summed E-state index contributed by atoms with van der Waals surface area (Å²) in [6.07, 6.45) is 3.83. The lowest BCUT2D eigenvalue weighted by molar-refractivity contribution is -0.147. The van der Waals surface area contributed by atoms with Crippen LogP contribution in [0, 0.1) is 23.2 Å². The molecule has 190 valence electrons. The van der Waals surface area contributed by atoms with Gasteiger partial charge in [0.1, 0.15) is 0 Å². The maximum absolute atomic E-state index is 13.4. The lowest BCUT2D eigenvalue weighted by Crippen LogP contribution is -2.63. The Labute approximate surface area is 218 Å². The highest BCUT2D eigenvalue weighted by atomic mass is 35.5. The summed E-state index contributed by atoms with van der Waals surface area (Å²) in [5, 5.41) is 3.03. The van der Waals surface area contributed by atoms with Gasteiger partial charge < -0.3 is 11.1 Å². The van der Waals surface area contributed by atoms with Gasteiger partial charge >= 0.3 is 10.2 Å². The fourth-order valence-corrected chi connectivity index (χ4v) is 9.46. The first-order valence-electron chi connectivity index (χ1n) is 11.5. The molecule has 1 aromatic carbocycles. The number of benzene rings is 1. The smallest absolute Gasteiger partial charge is 0.311 e. The zero-order chi connectivity index (χ0) is 25.3. The van der Waals surface area contributed by atoms with E-state index in [1.54, 1.807) is 0 Å². The Morgan fingerprint density at radius 2 is 1.69 bits per heavy atom. The summed E-state index contributed by atoms with van der Waals surface area (Å²) in [7, 11) is -4.42. The Kier molecular flexibility index (Phi) is 6.28. The standard InChI is InChI=1S/C22H25Cl3N4O5S/c23-14-5-15(24)20(16(25)6-14)29-18(31)1-2-28(35(29,33)34)10-17(30)27-19-12-3-11-4-13(19)9-22(7-11,8-12)21(26)32/h5-6,11-13,19H,1-4,7-10H2,(H2,26,32)(H,27,30). The molecule has 1 heterocycles. The molecule has 3 N–H and O–H groups in total. The van der Waals surface area contributed by atoms with Gasteiger partial charge in [0.25, 0.3) is 0 Å². The van der Waals surface area contributed by atoms with Crippen molar-refractivity contribution in [2.75, 3.05) is 17.4 Å². The van der Waals surface area contributed by atoms with Crippen LogP contribution in [0.25, 0.3) is 0 Å². The monoisotopic (exact) mass is 562 g/mol. The van der Waals surface area contributed by atoms with Crippen molar-refractivity contribution >= 4 is 68.4 Å². The number of hydrogen-bond donors (Lipinski definition) is 2. The van der Waals surface area contributed by atoms with Gasteiger partial charge in [-0.25, -0.2) is 0 Å². The molecule has 0 radical (unpaired) electrons. The highest BCUT2D eigenvalue weighted by Crippen LogP contribution is 2.59. The quantitative estimate of drug-likeness (QED) is 0.569. The Morgan fingerprint density at radius 3 is 2.26 bits per heavy atom. The molecule has 4 saturated carbocycles. The Hall–Kier alpha value is -1.59. The van der Waals surface area contributed by atoms with Crippen LogP contribution in [0.1, 0.15) is 38.5 Å². The minimum Gasteiger partial charge on any atom is -0.369 e. The Bertz CT molecular complexity index is 1190. The average molecular weight is 564 g/mol. The minimum atomic E-state index is -4.42. The number of carbonyl (C=O) groups is 3. The number of nitrogens with two attached hydrogens (primary N) is 1. The van der Waals surface area contributed by atoms with E-state index in [4.69, 9.17) is 40.5 Å². The van der Waals surface area contributed by atoms with Gasteiger partial charge in [-0.2, -0.15) is 17.0 Å². The summed E-state index contributed by atoms with van der Waals surface area (Å²) < 4.78 is 28.2. The lowest BCUT2D eigenvalue weighted by Gasteiger charge is -2.58. The maximum Gasteiger partial charge on any atom is 0.311 e. The highest BCUT2D eigenvalue weighted by Gasteiger charge is 2.58. The number of rotatable bonds is 5. The van der Waals surface area contributed by atoms with Gasteiger partial charge in [0, 0.05) is 29.4 Å². The second-order valence-corrected chi connectivity index (χ2v) is 13.2. The van der Waals surface area contributed by atoms with Crippen molar-refractivity contribution in [3.63, 3.8) is 0 Å². The molecular formula is C22H25Cl3N4O5S. The molecule has 9 nitrogen and oxygen atoms in total. The second-order valence-electron chi connectivity index (χ2n) is 10.2. The Balaban J connectivity index is 1.32. The fourth-order valence-electron chi connectivity index (χ4n) is 6.76. The molecule has 0 aromatic heterocycles. The third kappa shape index (κ3) is 4.21. The third-order valence-electron chi connectivity index (χ3n) is 7.99. The van der Waals surface area contributed by atoms with Crippen LogP contribution in [0.5, 0.6) is 0 Å². The van der Waals surface area contributed by atoms with Crippen LogP contribution in [-0.2, 0) is 24.6 Å². The number of anilines is 1. The van der Waals surface area contributed by atoms with Crippen molar-refractivity contribution in [2.24, 2.45) is 28.9 Å². The molecule has 0 spiro atoms. The molecule has 2 unspecified atom stereocenters. The first-order chi connectivity index (χ1) is 16.4. The summed E-state index contributed by atoms with van der Waals surface area (Å²) in [5.74, 6) is -0.706. The second kappa shape index (κ2) is 8.76. The van der Waals surface area contributed by atoms with Crippen LogP contribution in [-0.4, -0.2) is 49.6 Å². The van der Waals surface area contributed by atoms with Crippen molar-refractivity contribution < 1.29 is 22.8 Å². The first-order valence-corrected chi connectivity index (χ1v) is 14.0. The first kappa shape index (κ1) is 25.1. The van der Waals surface area contributed by atoms with Gasteiger partial charge in [-0.1, -0.05) is 34.8 Å². The van der Waals surface area contributed by atoms with Crippen molar-refractivity contribution in [3.05, 3.63) is 27.2 Å². The zero-order valence-electron chi connectivity index (χ0n) is 18.7. The Morgan fingerprint density at radius 1 is 1.09 bits per heavy atom. The van der Waals surface area contributed by atoms with Gasteiger partial charge in [0.15, 0.2) is 0 Å². The number of amides is 3. The summed E-state index contributed by atoms with van der Waals surface area (Å²) in [5.41, 5.74) is 5.07. The number of nitrogens with zero attached hydrogens (tertiary/aromatic N) is 2. The van der Waals surface area contributed by atoms with E-state index < -0.39 is 34.0 Å². The van der Waals surface area contributed by atoms with Crippen LogP contribution in [0.4, 0.5) is 5.69 Å². The van der Waals surface area contributed by atoms with E-state index in [0.29, 0.717) is 23.1 Å². The zero-order valence-corrected chi connectivity index (χ0v) is 21.8. The van der Waals surface area contributed by atoms with E-state index in [1.165, 1.54) is 12.1 Å². The normalized spacial score (nSPS) is 33.7. The molecule has 2 atom stereocenters. The summed E-state index contributed by atoms with van der Waals surface area (Å²) in [6, 6.07) is 2.46. The van der Waals surface area contributed by atoms with Crippen molar-refractivity contribution in [1.29, 1.82) is 0 Å². The molecular weight excluding hydrogens is 539 g/mol. The molecule has 5 fully saturated rings. The minimum absolute atomic E-state index is 0.0947. The van der Waals surface area contributed by atoms with E-state index in [-0.39, 0.29) is 57.5 Å². The number of halogens is 3. The average Bonchev–Trinajstić information content (AvgIpc) is 2.74. The van der Waals surface area contributed by atoms with Gasteiger partial charge in [0.05, 0.1) is 22.3 Å². The van der Waals surface area contributed by atoms with Crippen molar-refractivity contribution in [2.45, 2.75) is 44.6 Å². The van der Waals surface area contributed by atoms with Crippen LogP contribution in [0.3, 0.4) is 0 Å². The van der Waals surface area contributed by atoms with E-state index in [2.05, 4.69) is 5.32 Å². The SMILES string of the molecule is NC(=O)C12CC3CC(C1)C(NC(=O)CN1CCC(=O)N(c4c(Cl)cc(Cl)cc4Cl)S1(=O)=O)C(C3)C2. The van der Waals surface area contributed by atoms with Crippen LogP contribution in [0.2, 0.25) is 15.1 Å². The van der Waals surface area contributed by atoms with Crippen LogP contribution >= 0.6 is 34.8 Å². The molecule has 35 heavy (non-hydrogen) atoms. The molecule has 13 heteroatoms. The molecule has 6 rings (SSSR count). The van der Waals surface area contributed by atoms with E-state index >= 15 is 0 Å². The topological polar surface area (TPSA) is 130 Å². The summed E-state index contributed by atoms with van der Waals surface area (Å²) in [4.78, 5) is 37.8. The molecule has 3 amide bonds. The van der Waals surface area contributed by atoms with E-state index in [1.807, 2.05) is 0 Å². The molecule has 1 aliphatic heterocycles.